The number of halogens is 2. The number of amides is 1. The van der Waals surface area contributed by atoms with E-state index < -0.39 is 11.9 Å². The van der Waals surface area contributed by atoms with E-state index >= 15 is 0 Å². The van der Waals surface area contributed by atoms with Gasteiger partial charge in [0.1, 0.15) is 0 Å². The average molecular weight is 302 g/mol. The minimum Gasteiger partial charge on any atom is -0.478 e. The van der Waals surface area contributed by atoms with Crippen molar-refractivity contribution in [1.29, 1.82) is 0 Å². The molecule has 1 rings (SSSR count). The summed E-state index contributed by atoms with van der Waals surface area (Å²) in [6.07, 6.45) is 0. The Bertz CT molecular complexity index is 579. The number of carboxylic acid groups (broad SMARTS) is 1. The number of hydrogen-bond donors (Lipinski definition) is 2. The zero-order chi connectivity index (χ0) is 14.7. The lowest BCUT2D eigenvalue weighted by Crippen LogP contribution is -2.17. The first-order chi connectivity index (χ1) is 8.75. The first kappa shape index (κ1) is 15.5. The number of aryl methyl sites for hydroxylation is 1. The van der Waals surface area contributed by atoms with E-state index in [1.54, 1.807) is 19.1 Å². The fourth-order valence-electron chi connectivity index (χ4n) is 1.31. The van der Waals surface area contributed by atoms with Crippen molar-refractivity contribution in [3.05, 3.63) is 38.9 Å². The predicted octanol–water partition coefficient (Wildman–Crippen LogP) is 3.66. The molecule has 6 heteroatoms. The third-order valence-corrected chi connectivity index (χ3v) is 3.55. The molecular weight excluding hydrogens is 289 g/mol. The van der Waals surface area contributed by atoms with E-state index in [1.165, 1.54) is 13.8 Å². The molecule has 0 unspecified atom stereocenters. The second kappa shape index (κ2) is 6.08. The van der Waals surface area contributed by atoms with Crippen molar-refractivity contribution < 1.29 is 14.7 Å². The second-order valence-electron chi connectivity index (χ2n) is 4.06. The van der Waals surface area contributed by atoms with Crippen LogP contribution in [0.25, 0.3) is 0 Å². The van der Waals surface area contributed by atoms with Gasteiger partial charge >= 0.3 is 5.97 Å². The summed E-state index contributed by atoms with van der Waals surface area (Å²) in [5.41, 5.74) is 1.11. The van der Waals surface area contributed by atoms with Gasteiger partial charge in [-0.15, -0.1) is 0 Å². The van der Waals surface area contributed by atoms with Crippen molar-refractivity contribution in [2.45, 2.75) is 20.8 Å². The highest BCUT2D eigenvalue weighted by Crippen LogP contribution is 2.33. The summed E-state index contributed by atoms with van der Waals surface area (Å²) in [7, 11) is 0. The molecule has 0 aliphatic carbocycles. The molecular formula is C13H13Cl2NO3. The third-order valence-electron chi connectivity index (χ3n) is 2.75. The number of carboxylic acids is 1. The van der Waals surface area contributed by atoms with E-state index in [0.717, 1.165) is 5.56 Å². The van der Waals surface area contributed by atoms with Gasteiger partial charge in [-0.3, -0.25) is 4.79 Å². The van der Waals surface area contributed by atoms with E-state index in [0.29, 0.717) is 10.0 Å². The van der Waals surface area contributed by atoms with Gasteiger partial charge in [0.05, 0.1) is 15.7 Å². The molecule has 0 aliphatic rings. The van der Waals surface area contributed by atoms with Gasteiger partial charge in [-0.05, 0) is 32.4 Å². The van der Waals surface area contributed by atoms with Gasteiger partial charge in [-0.1, -0.05) is 29.3 Å². The standard InChI is InChI=1S/C13H13Cl2NO3/c1-6-4-5-9(14)11(10(6)15)16-12(17)7(2)8(3)13(18)19/h4-5H,1-3H3,(H,16,17)(H,18,19)/b8-7-. The van der Waals surface area contributed by atoms with Crippen LogP contribution in [-0.4, -0.2) is 17.0 Å². The van der Waals surface area contributed by atoms with Crippen molar-refractivity contribution in [3.63, 3.8) is 0 Å². The third kappa shape index (κ3) is 3.49. The molecule has 1 aromatic rings. The molecule has 0 bridgehead atoms. The number of carbonyl (C=O) groups is 2. The maximum absolute atomic E-state index is 11.9. The summed E-state index contributed by atoms with van der Waals surface area (Å²) in [6.45, 7) is 4.56. The average Bonchev–Trinajstić information content (AvgIpc) is 2.37. The van der Waals surface area contributed by atoms with E-state index in [9.17, 15) is 9.59 Å². The highest BCUT2D eigenvalue weighted by Gasteiger charge is 2.16. The first-order valence-corrected chi connectivity index (χ1v) is 6.18. The molecule has 0 heterocycles. The summed E-state index contributed by atoms with van der Waals surface area (Å²) >= 11 is 12.0. The molecule has 0 saturated heterocycles. The van der Waals surface area contributed by atoms with E-state index in [-0.39, 0.29) is 16.8 Å². The Kier molecular flexibility index (Phi) is 4.97. The van der Waals surface area contributed by atoms with E-state index in [4.69, 9.17) is 28.3 Å². The van der Waals surface area contributed by atoms with Gasteiger partial charge < -0.3 is 10.4 Å². The van der Waals surface area contributed by atoms with Crippen LogP contribution in [0.4, 0.5) is 5.69 Å². The minimum absolute atomic E-state index is 0.0302. The fraction of sp³-hybridized carbons (Fsp3) is 0.231. The summed E-state index contributed by atoms with van der Waals surface area (Å²) in [5, 5.41) is 12.0. The summed E-state index contributed by atoms with van der Waals surface area (Å²) in [5.74, 6) is -1.69. The van der Waals surface area contributed by atoms with Gasteiger partial charge in [0.25, 0.3) is 5.91 Å². The maximum Gasteiger partial charge on any atom is 0.331 e. The molecule has 102 valence electrons. The SMILES string of the molecule is C/C(C(=O)O)=C(\C)C(=O)Nc1c(Cl)ccc(C)c1Cl. The zero-order valence-electron chi connectivity index (χ0n) is 10.7. The highest BCUT2D eigenvalue weighted by atomic mass is 35.5. The molecule has 0 aromatic heterocycles. The van der Waals surface area contributed by atoms with Gasteiger partial charge in [-0.25, -0.2) is 4.79 Å². The number of benzene rings is 1. The van der Waals surface area contributed by atoms with Crippen LogP contribution in [0.2, 0.25) is 10.0 Å². The molecule has 0 radical (unpaired) electrons. The van der Waals surface area contributed by atoms with Crippen LogP contribution in [0.5, 0.6) is 0 Å². The number of hydrogen-bond acceptors (Lipinski definition) is 2. The molecule has 1 aromatic carbocycles. The van der Waals surface area contributed by atoms with Gasteiger partial charge in [0, 0.05) is 11.1 Å². The van der Waals surface area contributed by atoms with Crippen LogP contribution in [0, 0.1) is 6.92 Å². The number of aliphatic carboxylic acids is 1. The number of nitrogens with one attached hydrogen (secondary N) is 1. The first-order valence-electron chi connectivity index (χ1n) is 5.42. The molecule has 0 fully saturated rings. The molecule has 2 N–H and O–H groups in total. The Balaban J connectivity index is 3.12. The van der Waals surface area contributed by atoms with E-state index in [1.807, 2.05) is 0 Å². The molecule has 1 amide bonds. The predicted molar refractivity (Wildman–Crippen MR) is 75.8 cm³/mol. The lowest BCUT2D eigenvalue weighted by molar-refractivity contribution is -0.133. The molecule has 0 saturated carbocycles. The Morgan fingerprint density at radius 2 is 1.74 bits per heavy atom. The number of carbonyl (C=O) groups excluding carboxylic acids is 1. The summed E-state index contributed by atoms with van der Waals surface area (Å²) in [6, 6.07) is 3.34. The second-order valence-corrected chi connectivity index (χ2v) is 4.85. The van der Waals surface area contributed by atoms with Gasteiger partial charge in [-0.2, -0.15) is 0 Å². The smallest absolute Gasteiger partial charge is 0.331 e. The summed E-state index contributed by atoms with van der Waals surface area (Å²) < 4.78 is 0. The number of rotatable bonds is 3. The Hall–Kier alpha value is -1.52. The van der Waals surface area contributed by atoms with Crippen LogP contribution in [0.1, 0.15) is 19.4 Å². The normalized spacial score (nSPS) is 11.8. The highest BCUT2D eigenvalue weighted by molar-refractivity contribution is 6.40. The van der Waals surface area contributed by atoms with Crippen LogP contribution < -0.4 is 5.32 Å². The van der Waals surface area contributed by atoms with Crippen molar-refractivity contribution in [1.82, 2.24) is 0 Å². The largest absolute Gasteiger partial charge is 0.478 e. The Morgan fingerprint density at radius 3 is 2.26 bits per heavy atom. The summed E-state index contributed by atoms with van der Waals surface area (Å²) in [4.78, 5) is 22.7. The zero-order valence-corrected chi connectivity index (χ0v) is 12.2. The van der Waals surface area contributed by atoms with Crippen molar-refractivity contribution in [2.75, 3.05) is 5.32 Å². The topological polar surface area (TPSA) is 66.4 Å². The van der Waals surface area contributed by atoms with E-state index in [2.05, 4.69) is 5.32 Å². The van der Waals surface area contributed by atoms with Crippen molar-refractivity contribution in [3.8, 4) is 0 Å². The molecule has 4 nitrogen and oxygen atoms in total. The monoisotopic (exact) mass is 301 g/mol. The lowest BCUT2D eigenvalue weighted by Gasteiger charge is -2.12. The molecule has 0 atom stereocenters. The van der Waals surface area contributed by atoms with Crippen LogP contribution in [0.3, 0.4) is 0 Å². The van der Waals surface area contributed by atoms with Crippen molar-refractivity contribution in [2.24, 2.45) is 0 Å². The van der Waals surface area contributed by atoms with Crippen LogP contribution in [0.15, 0.2) is 23.3 Å². The van der Waals surface area contributed by atoms with Gasteiger partial charge in [0.15, 0.2) is 0 Å². The van der Waals surface area contributed by atoms with Gasteiger partial charge in [0.2, 0.25) is 0 Å². The quantitative estimate of drug-likeness (QED) is 0.837. The Labute approximate surface area is 121 Å². The minimum atomic E-state index is -1.14. The van der Waals surface area contributed by atoms with Crippen molar-refractivity contribution >= 4 is 40.8 Å². The molecule has 19 heavy (non-hydrogen) atoms. The van der Waals surface area contributed by atoms with Crippen LogP contribution >= 0.6 is 23.2 Å². The fourth-order valence-corrected chi connectivity index (χ4v) is 1.77. The number of anilines is 1. The van der Waals surface area contributed by atoms with Crippen LogP contribution in [-0.2, 0) is 9.59 Å². The molecule has 0 aliphatic heterocycles. The Morgan fingerprint density at radius 1 is 1.16 bits per heavy atom. The lowest BCUT2D eigenvalue weighted by atomic mass is 10.1. The molecule has 0 spiro atoms. The maximum atomic E-state index is 11.9.